The Hall–Kier alpha value is -3.46. The largest absolute Gasteiger partial charge is 0.506 e. The third-order valence-corrected chi connectivity index (χ3v) is 8.66. The van der Waals surface area contributed by atoms with Gasteiger partial charge in [0.25, 0.3) is 0 Å². The van der Waals surface area contributed by atoms with E-state index in [1.807, 2.05) is 6.92 Å². The summed E-state index contributed by atoms with van der Waals surface area (Å²) in [4.78, 5) is 14.1. The molecule has 2 aromatic heterocycles. The van der Waals surface area contributed by atoms with Crippen LogP contribution in [0.2, 0.25) is 0 Å². The summed E-state index contributed by atoms with van der Waals surface area (Å²) in [6.45, 7) is 12.4. The Kier molecular flexibility index (Phi) is 11.0. The lowest BCUT2D eigenvalue weighted by Gasteiger charge is -2.33. The molecule has 0 aliphatic carbocycles. The number of hydrogen-bond donors (Lipinski definition) is 2. The minimum Gasteiger partial charge on any atom is -0.506 e. The van der Waals surface area contributed by atoms with Crippen molar-refractivity contribution >= 4 is 17.0 Å². The first-order valence-electron chi connectivity index (χ1n) is 15.9. The molecule has 2 aliphatic heterocycles. The summed E-state index contributed by atoms with van der Waals surface area (Å²) in [5.41, 5.74) is 6.68. The summed E-state index contributed by atoms with van der Waals surface area (Å²) in [6, 6.07) is 21.4. The number of benzene rings is 2. The number of aromatic nitrogens is 3. The molecule has 2 N–H and O–H groups in total. The van der Waals surface area contributed by atoms with Gasteiger partial charge in [0.1, 0.15) is 5.75 Å². The fraction of sp³-hybridized carbons (Fsp3) is 0.486. The van der Waals surface area contributed by atoms with Gasteiger partial charge in [-0.2, -0.15) is 0 Å². The highest BCUT2D eigenvalue weighted by Gasteiger charge is 2.21. The molecule has 0 amide bonds. The van der Waals surface area contributed by atoms with E-state index in [2.05, 4.69) is 80.2 Å². The summed E-state index contributed by atoms with van der Waals surface area (Å²) in [7, 11) is 2.14. The smallest absolute Gasteiger partial charge is 0.203 e. The van der Waals surface area contributed by atoms with E-state index in [1.165, 1.54) is 55.5 Å². The molecule has 6 rings (SSSR count). The van der Waals surface area contributed by atoms with Crippen LogP contribution in [0.4, 0.5) is 5.95 Å². The van der Waals surface area contributed by atoms with Gasteiger partial charge in [-0.25, -0.2) is 4.98 Å². The number of piperidine rings is 1. The van der Waals surface area contributed by atoms with Crippen molar-refractivity contribution in [2.24, 2.45) is 7.05 Å². The van der Waals surface area contributed by atoms with E-state index in [1.54, 1.807) is 19.1 Å². The van der Waals surface area contributed by atoms with Crippen LogP contribution in [0.1, 0.15) is 41.8 Å². The normalized spacial score (nSPS) is 16.9. The van der Waals surface area contributed by atoms with Gasteiger partial charge in [-0.05, 0) is 81.3 Å². The topological polar surface area (TPSA) is 78.7 Å². The van der Waals surface area contributed by atoms with Crippen molar-refractivity contribution in [2.75, 3.05) is 57.8 Å². The lowest BCUT2D eigenvalue weighted by atomic mass is 10.0. The second-order valence-corrected chi connectivity index (χ2v) is 11.9. The van der Waals surface area contributed by atoms with Crippen molar-refractivity contribution in [1.29, 1.82) is 0 Å². The van der Waals surface area contributed by atoms with Crippen LogP contribution in [0, 0.1) is 13.8 Å². The number of fused-ring (bicyclic) bond motifs is 1. The van der Waals surface area contributed by atoms with Gasteiger partial charge in [0, 0.05) is 64.7 Å². The zero-order valence-electron chi connectivity index (χ0n) is 26.1. The van der Waals surface area contributed by atoms with Gasteiger partial charge in [-0.3, -0.25) is 9.88 Å². The lowest BCUT2D eigenvalue weighted by Crippen LogP contribution is -2.43. The zero-order valence-corrected chi connectivity index (χ0v) is 26.1. The maximum Gasteiger partial charge on any atom is 0.203 e. The molecule has 0 bridgehead atoms. The molecule has 2 aliphatic rings. The molecular formula is C35H48N6O2. The van der Waals surface area contributed by atoms with Crippen LogP contribution >= 0.6 is 0 Å². The maximum absolute atomic E-state index is 8.98. The number of anilines is 1. The number of pyridine rings is 1. The van der Waals surface area contributed by atoms with Crippen LogP contribution in [-0.2, 0) is 24.6 Å². The van der Waals surface area contributed by atoms with Crippen molar-refractivity contribution in [1.82, 2.24) is 24.3 Å². The first-order chi connectivity index (χ1) is 20.9. The van der Waals surface area contributed by atoms with E-state index in [-0.39, 0.29) is 5.75 Å². The Morgan fingerprint density at radius 1 is 0.837 bits per heavy atom. The van der Waals surface area contributed by atoms with Crippen LogP contribution < -0.4 is 5.32 Å². The third kappa shape index (κ3) is 9.02. The first kappa shape index (κ1) is 31.0. The van der Waals surface area contributed by atoms with E-state index in [0.717, 1.165) is 62.8 Å². The van der Waals surface area contributed by atoms with E-state index in [9.17, 15) is 0 Å². The van der Waals surface area contributed by atoms with Gasteiger partial charge >= 0.3 is 0 Å². The Morgan fingerprint density at radius 3 is 2.33 bits per heavy atom. The van der Waals surface area contributed by atoms with Crippen molar-refractivity contribution in [3.05, 3.63) is 83.2 Å². The molecular weight excluding hydrogens is 536 g/mol. The van der Waals surface area contributed by atoms with Gasteiger partial charge in [-0.1, -0.05) is 36.4 Å². The number of rotatable bonds is 8. The first-order valence-corrected chi connectivity index (χ1v) is 15.9. The monoisotopic (exact) mass is 584 g/mol. The van der Waals surface area contributed by atoms with Crippen LogP contribution in [0.5, 0.6) is 5.75 Å². The molecule has 0 atom stereocenters. The third-order valence-electron chi connectivity index (χ3n) is 8.66. The van der Waals surface area contributed by atoms with Crippen molar-refractivity contribution in [2.45, 2.75) is 52.0 Å². The molecule has 0 radical (unpaired) electrons. The maximum atomic E-state index is 8.98. The molecule has 8 heteroatoms. The molecule has 2 aromatic carbocycles. The summed E-state index contributed by atoms with van der Waals surface area (Å²) < 4.78 is 7.82. The van der Waals surface area contributed by atoms with Gasteiger partial charge in [0.2, 0.25) is 5.95 Å². The molecule has 4 aromatic rings. The minimum atomic E-state index is 0.264. The SMILES string of the molecule is Cc1ccc(O)c(C)n1.Cn1c(NC2CCN(CCN3CCCOCC3)CC2)nc2ccc(CCc3ccccc3)cc21. The number of hydrogen-bond acceptors (Lipinski definition) is 7. The Labute approximate surface area is 256 Å². The molecule has 0 spiro atoms. The Bertz CT molecular complexity index is 1420. The van der Waals surface area contributed by atoms with E-state index >= 15 is 0 Å². The molecule has 8 nitrogen and oxygen atoms in total. The minimum absolute atomic E-state index is 0.264. The van der Waals surface area contributed by atoms with Gasteiger partial charge in [0.15, 0.2) is 0 Å². The van der Waals surface area contributed by atoms with Crippen LogP contribution in [0.3, 0.4) is 0 Å². The predicted molar refractivity (Wildman–Crippen MR) is 175 cm³/mol. The summed E-state index contributed by atoms with van der Waals surface area (Å²) in [5, 5.41) is 12.7. The highest BCUT2D eigenvalue weighted by molar-refractivity contribution is 5.79. The van der Waals surface area contributed by atoms with Gasteiger partial charge in [0.05, 0.1) is 23.3 Å². The molecule has 0 unspecified atom stereocenters. The average molecular weight is 585 g/mol. The highest BCUT2D eigenvalue weighted by atomic mass is 16.5. The number of likely N-dealkylation sites (tertiary alicyclic amines) is 1. The molecule has 2 fully saturated rings. The fourth-order valence-electron chi connectivity index (χ4n) is 5.92. The number of aryl methyl sites for hydroxylation is 5. The van der Waals surface area contributed by atoms with Crippen LogP contribution in [-0.4, -0.2) is 88.0 Å². The van der Waals surface area contributed by atoms with E-state index in [0.29, 0.717) is 11.7 Å². The van der Waals surface area contributed by atoms with E-state index < -0.39 is 0 Å². The van der Waals surface area contributed by atoms with Crippen LogP contribution in [0.15, 0.2) is 60.7 Å². The van der Waals surface area contributed by atoms with Crippen LogP contribution in [0.25, 0.3) is 11.0 Å². The zero-order chi connectivity index (χ0) is 30.0. The number of nitrogens with zero attached hydrogens (tertiary/aromatic N) is 5. The summed E-state index contributed by atoms with van der Waals surface area (Å²) in [6.07, 6.45) is 5.64. The Morgan fingerprint density at radius 2 is 1.58 bits per heavy atom. The summed E-state index contributed by atoms with van der Waals surface area (Å²) >= 11 is 0. The van der Waals surface area contributed by atoms with Gasteiger partial charge < -0.3 is 24.6 Å². The number of ether oxygens (including phenoxy) is 1. The fourth-order valence-corrected chi connectivity index (χ4v) is 5.92. The average Bonchev–Trinajstić information content (AvgIpc) is 3.16. The van der Waals surface area contributed by atoms with Crippen molar-refractivity contribution < 1.29 is 9.84 Å². The summed E-state index contributed by atoms with van der Waals surface area (Å²) in [5.74, 6) is 1.26. The number of imidazole rings is 1. The highest BCUT2D eigenvalue weighted by Crippen LogP contribution is 2.23. The molecule has 43 heavy (non-hydrogen) atoms. The lowest BCUT2D eigenvalue weighted by molar-refractivity contribution is 0.135. The number of nitrogens with one attached hydrogen (secondary N) is 1. The second kappa shape index (κ2) is 15.3. The predicted octanol–water partition coefficient (Wildman–Crippen LogP) is 5.36. The second-order valence-electron chi connectivity index (χ2n) is 11.9. The van der Waals surface area contributed by atoms with Crippen molar-refractivity contribution in [3.63, 3.8) is 0 Å². The molecule has 0 saturated carbocycles. The Balaban J connectivity index is 0.000000351. The number of aromatic hydroxyl groups is 1. The standard InChI is InChI=1S/C28H39N5O.C7H9NO/c1-31-27-22-24(9-8-23-6-3-2-4-7-23)10-11-26(27)30-28(31)29-25-12-15-33(16-13-25)18-17-32-14-5-20-34-21-19-32;1-5-3-4-7(9)6(2)8-5/h2-4,6-7,10-11,22,25H,5,8-9,12-21H2,1H3,(H,29,30);3-4,9H,1-2H3. The van der Waals surface area contributed by atoms with E-state index in [4.69, 9.17) is 14.8 Å². The molecule has 2 saturated heterocycles. The molecule has 230 valence electrons. The van der Waals surface area contributed by atoms with Gasteiger partial charge in [-0.15, -0.1) is 0 Å². The van der Waals surface area contributed by atoms with Crippen molar-refractivity contribution in [3.8, 4) is 5.75 Å². The quantitative estimate of drug-likeness (QED) is 0.289. The molecule has 4 heterocycles.